The molecule has 0 saturated carbocycles. The molecule has 0 unspecified atom stereocenters. The van der Waals surface area contributed by atoms with E-state index in [2.05, 4.69) is 20.2 Å². The molecule has 2 heterocycles. The van der Waals surface area contributed by atoms with E-state index in [1.54, 1.807) is 19.1 Å². The lowest BCUT2D eigenvalue weighted by Crippen LogP contribution is -2.23. The largest absolute Gasteiger partial charge is 0.363 e. The number of hydrogen-bond acceptors (Lipinski definition) is 5. The number of aromatic nitrogens is 2. The summed E-state index contributed by atoms with van der Waals surface area (Å²) in [6.45, 7) is 6.51. The van der Waals surface area contributed by atoms with Gasteiger partial charge in [0.25, 0.3) is 0 Å². The van der Waals surface area contributed by atoms with Gasteiger partial charge in [0, 0.05) is 30.5 Å². The van der Waals surface area contributed by atoms with Crippen LogP contribution in [0, 0.1) is 6.92 Å². The van der Waals surface area contributed by atoms with Gasteiger partial charge in [-0.25, -0.2) is 13.1 Å². The topological polar surface area (TPSA) is 100 Å². The van der Waals surface area contributed by atoms with Crippen molar-refractivity contribution in [2.24, 2.45) is 0 Å². The molecule has 0 atom stereocenters. The van der Waals surface area contributed by atoms with E-state index in [4.69, 9.17) is 4.52 Å². The molecule has 0 radical (unpaired) electrons. The van der Waals surface area contributed by atoms with Gasteiger partial charge >= 0.3 is 0 Å². The van der Waals surface area contributed by atoms with E-state index in [9.17, 15) is 8.42 Å². The Balaban J connectivity index is 1.99. The Morgan fingerprint density at radius 3 is 2.71 bits per heavy atom. The maximum absolute atomic E-state index is 12.2. The second kappa shape index (κ2) is 6.42. The van der Waals surface area contributed by atoms with Crippen molar-refractivity contribution >= 4 is 10.0 Å². The zero-order valence-electron chi connectivity index (χ0n) is 12.3. The first-order valence-corrected chi connectivity index (χ1v) is 8.17. The van der Waals surface area contributed by atoms with Crippen LogP contribution in [0.4, 0.5) is 0 Å². The van der Waals surface area contributed by atoms with E-state index < -0.39 is 10.0 Å². The molecule has 21 heavy (non-hydrogen) atoms. The number of sulfonamides is 1. The molecular formula is C13H20N4O3S. The summed E-state index contributed by atoms with van der Waals surface area (Å²) >= 11 is 0. The van der Waals surface area contributed by atoms with Crippen molar-refractivity contribution in [2.75, 3.05) is 0 Å². The minimum Gasteiger partial charge on any atom is -0.363 e. The standard InChI is InChI=1S/C13H20N4O3S/c1-9(2)14-6-11-5-13(8-15-11)21(18,19)16-7-12-4-10(3)20-17-12/h4-5,8-9,14-16H,6-7H2,1-3H3. The average Bonchev–Trinajstić information content (AvgIpc) is 3.03. The fraction of sp³-hybridized carbons (Fsp3) is 0.462. The zero-order chi connectivity index (χ0) is 15.5. The van der Waals surface area contributed by atoms with Crippen LogP contribution in [-0.2, 0) is 23.1 Å². The van der Waals surface area contributed by atoms with Gasteiger partial charge in [0.1, 0.15) is 5.76 Å². The number of aryl methyl sites for hydroxylation is 1. The van der Waals surface area contributed by atoms with Crippen LogP contribution in [-0.4, -0.2) is 24.6 Å². The highest BCUT2D eigenvalue weighted by molar-refractivity contribution is 7.89. The number of hydrogen-bond donors (Lipinski definition) is 3. The van der Waals surface area contributed by atoms with Crippen LogP contribution in [0.5, 0.6) is 0 Å². The van der Waals surface area contributed by atoms with E-state index in [1.165, 1.54) is 6.20 Å². The SMILES string of the molecule is Cc1cc(CNS(=O)(=O)c2c[nH]c(CNC(C)C)c2)no1. The van der Waals surface area contributed by atoms with Crippen molar-refractivity contribution in [2.45, 2.75) is 44.8 Å². The molecular weight excluding hydrogens is 292 g/mol. The number of nitrogens with one attached hydrogen (secondary N) is 3. The lowest BCUT2D eigenvalue weighted by Gasteiger charge is -2.05. The molecule has 0 bridgehead atoms. The highest BCUT2D eigenvalue weighted by Crippen LogP contribution is 2.11. The molecule has 0 spiro atoms. The molecule has 0 amide bonds. The minimum absolute atomic E-state index is 0.102. The predicted octanol–water partition coefficient (Wildman–Crippen LogP) is 1.29. The Hall–Kier alpha value is -1.64. The summed E-state index contributed by atoms with van der Waals surface area (Å²) in [5, 5.41) is 6.97. The molecule has 2 aromatic heterocycles. The van der Waals surface area contributed by atoms with Crippen molar-refractivity contribution in [1.29, 1.82) is 0 Å². The van der Waals surface area contributed by atoms with Gasteiger partial charge in [-0.3, -0.25) is 0 Å². The lowest BCUT2D eigenvalue weighted by molar-refractivity contribution is 0.390. The zero-order valence-corrected chi connectivity index (χ0v) is 13.1. The van der Waals surface area contributed by atoms with Gasteiger partial charge in [-0.2, -0.15) is 0 Å². The maximum Gasteiger partial charge on any atom is 0.242 e. The number of aromatic amines is 1. The lowest BCUT2D eigenvalue weighted by atomic mass is 10.3. The van der Waals surface area contributed by atoms with E-state index in [0.29, 0.717) is 24.0 Å². The summed E-state index contributed by atoms with van der Waals surface area (Å²) in [5.74, 6) is 0.646. The Kier molecular flexibility index (Phi) is 4.81. The van der Waals surface area contributed by atoms with Crippen molar-refractivity contribution in [3.63, 3.8) is 0 Å². The summed E-state index contributed by atoms with van der Waals surface area (Å²) < 4.78 is 31.7. The Morgan fingerprint density at radius 1 is 1.33 bits per heavy atom. The Bertz CT molecular complexity index is 688. The van der Waals surface area contributed by atoms with Crippen molar-refractivity contribution in [3.8, 4) is 0 Å². The molecule has 2 aromatic rings. The molecule has 2 rings (SSSR count). The van der Waals surface area contributed by atoms with Gasteiger partial charge in [0.15, 0.2) is 0 Å². The summed E-state index contributed by atoms with van der Waals surface area (Å²) in [6, 6.07) is 3.64. The second-order valence-corrected chi connectivity index (χ2v) is 6.92. The fourth-order valence-corrected chi connectivity index (χ4v) is 2.76. The summed E-state index contributed by atoms with van der Waals surface area (Å²) in [7, 11) is -3.56. The summed E-state index contributed by atoms with van der Waals surface area (Å²) in [6.07, 6.45) is 1.48. The van der Waals surface area contributed by atoms with Crippen LogP contribution in [0.25, 0.3) is 0 Å². The molecule has 7 nitrogen and oxygen atoms in total. The first-order chi connectivity index (χ1) is 9.87. The first kappa shape index (κ1) is 15.7. The van der Waals surface area contributed by atoms with Crippen molar-refractivity contribution in [1.82, 2.24) is 20.2 Å². The summed E-state index contributed by atoms with van der Waals surface area (Å²) in [5.41, 5.74) is 1.37. The third kappa shape index (κ3) is 4.42. The summed E-state index contributed by atoms with van der Waals surface area (Å²) in [4.78, 5) is 3.17. The molecule has 0 saturated heterocycles. The molecule has 3 N–H and O–H groups in total. The molecule has 0 aliphatic heterocycles. The first-order valence-electron chi connectivity index (χ1n) is 6.69. The van der Waals surface area contributed by atoms with Crippen molar-refractivity contribution in [3.05, 3.63) is 35.5 Å². The van der Waals surface area contributed by atoms with Crippen LogP contribution in [0.15, 0.2) is 27.7 Å². The molecule has 0 aliphatic carbocycles. The van der Waals surface area contributed by atoms with E-state index in [1.807, 2.05) is 13.8 Å². The number of rotatable bonds is 7. The highest BCUT2D eigenvalue weighted by atomic mass is 32.2. The van der Waals surface area contributed by atoms with Gasteiger partial charge in [-0.05, 0) is 13.0 Å². The number of nitrogens with zero attached hydrogens (tertiary/aromatic N) is 1. The van der Waals surface area contributed by atoms with Gasteiger partial charge < -0.3 is 14.8 Å². The van der Waals surface area contributed by atoms with Gasteiger partial charge in [0.05, 0.1) is 17.1 Å². The van der Waals surface area contributed by atoms with Crippen LogP contribution in [0.1, 0.15) is 31.0 Å². The quantitative estimate of drug-likeness (QED) is 0.715. The van der Waals surface area contributed by atoms with Crippen LogP contribution in [0.2, 0.25) is 0 Å². The molecule has 0 fully saturated rings. The third-order valence-electron chi connectivity index (χ3n) is 2.85. The second-order valence-electron chi connectivity index (χ2n) is 5.15. The number of H-pyrrole nitrogens is 1. The van der Waals surface area contributed by atoms with Crippen LogP contribution >= 0.6 is 0 Å². The van der Waals surface area contributed by atoms with E-state index in [-0.39, 0.29) is 11.4 Å². The van der Waals surface area contributed by atoms with E-state index in [0.717, 1.165) is 5.69 Å². The molecule has 0 aromatic carbocycles. The van der Waals surface area contributed by atoms with Crippen LogP contribution in [0.3, 0.4) is 0 Å². The molecule has 8 heteroatoms. The Morgan fingerprint density at radius 2 is 2.10 bits per heavy atom. The maximum atomic E-state index is 12.2. The van der Waals surface area contributed by atoms with Gasteiger partial charge in [0.2, 0.25) is 10.0 Å². The van der Waals surface area contributed by atoms with Gasteiger partial charge in [-0.1, -0.05) is 19.0 Å². The highest BCUT2D eigenvalue weighted by Gasteiger charge is 2.16. The molecule has 116 valence electrons. The van der Waals surface area contributed by atoms with Crippen molar-refractivity contribution < 1.29 is 12.9 Å². The normalized spacial score (nSPS) is 12.2. The smallest absolute Gasteiger partial charge is 0.242 e. The predicted molar refractivity (Wildman–Crippen MR) is 78.0 cm³/mol. The molecule has 0 aliphatic rings. The van der Waals surface area contributed by atoms with Crippen LogP contribution < -0.4 is 10.0 Å². The van der Waals surface area contributed by atoms with Gasteiger partial charge in [-0.15, -0.1) is 0 Å². The monoisotopic (exact) mass is 312 g/mol. The Labute approximate surface area is 124 Å². The fourth-order valence-electron chi connectivity index (χ4n) is 1.74. The van der Waals surface area contributed by atoms with E-state index >= 15 is 0 Å². The average molecular weight is 312 g/mol. The third-order valence-corrected chi connectivity index (χ3v) is 4.23. The minimum atomic E-state index is -3.56.